The van der Waals surface area contributed by atoms with Gasteiger partial charge in [0.05, 0.1) is 0 Å². The summed E-state index contributed by atoms with van der Waals surface area (Å²) in [6.07, 6.45) is 1.68. The van der Waals surface area contributed by atoms with E-state index in [1.807, 2.05) is 6.07 Å². The van der Waals surface area contributed by atoms with Crippen LogP contribution in [0.15, 0.2) is 12.3 Å². The zero-order valence-corrected chi connectivity index (χ0v) is 9.26. The highest BCUT2D eigenvalue weighted by Gasteiger charge is 2.23. The van der Waals surface area contributed by atoms with Crippen molar-refractivity contribution in [2.24, 2.45) is 5.41 Å². The van der Waals surface area contributed by atoms with E-state index in [0.717, 1.165) is 5.56 Å². The summed E-state index contributed by atoms with van der Waals surface area (Å²) in [6.45, 7) is 8.72. The summed E-state index contributed by atoms with van der Waals surface area (Å²) in [6, 6.07) is 1.94. The molecule has 0 spiro atoms. The van der Waals surface area contributed by atoms with Gasteiger partial charge < -0.3 is 0 Å². The molecule has 0 bridgehead atoms. The number of hydrogen-bond acceptors (Lipinski definition) is 2. The predicted molar refractivity (Wildman–Crippen MR) is 54.9 cm³/mol. The standard InChI is InChI=1S/C10H15ClN2/c1-7(10(2,3)4)8-5-6-12-13-9(8)11/h5-7H,1-4H3. The van der Waals surface area contributed by atoms with E-state index in [9.17, 15) is 0 Å². The molecule has 0 aliphatic carbocycles. The second kappa shape index (κ2) is 3.62. The molecule has 0 radical (unpaired) electrons. The third kappa shape index (κ3) is 2.41. The maximum Gasteiger partial charge on any atom is 0.155 e. The van der Waals surface area contributed by atoms with Crippen LogP contribution in [0.5, 0.6) is 0 Å². The molecule has 0 N–H and O–H groups in total. The molecular weight excluding hydrogens is 184 g/mol. The molecule has 0 aliphatic rings. The van der Waals surface area contributed by atoms with Crippen LogP contribution in [0.2, 0.25) is 5.15 Å². The zero-order chi connectivity index (χ0) is 10.1. The van der Waals surface area contributed by atoms with Crippen molar-refractivity contribution in [1.82, 2.24) is 10.2 Å². The van der Waals surface area contributed by atoms with Crippen LogP contribution in [0.3, 0.4) is 0 Å². The Balaban J connectivity index is 3.02. The van der Waals surface area contributed by atoms with Crippen molar-refractivity contribution in [3.05, 3.63) is 23.0 Å². The van der Waals surface area contributed by atoms with Gasteiger partial charge in [0.2, 0.25) is 0 Å². The van der Waals surface area contributed by atoms with Crippen molar-refractivity contribution in [1.29, 1.82) is 0 Å². The largest absolute Gasteiger partial charge is 0.158 e. The van der Waals surface area contributed by atoms with E-state index in [0.29, 0.717) is 11.1 Å². The Hall–Kier alpha value is -0.630. The predicted octanol–water partition coefficient (Wildman–Crippen LogP) is 3.28. The van der Waals surface area contributed by atoms with Gasteiger partial charge in [-0.25, -0.2) is 0 Å². The quantitative estimate of drug-likeness (QED) is 0.692. The first-order valence-electron chi connectivity index (χ1n) is 4.40. The molecule has 0 aliphatic heterocycles. The fourth-order valence-corrected chi connectivity index (χ4v) is 1.38. The van der Waals surface area contributed by atoms with Crippen molar-refractivity contribution in [3.63, 3.8) is 0 Å². The normalized spacial score (nSPS) is 14.2. The highest BCUT2D eigenvalue weighted by Crippen LogP contribution is 2.36. The molecule has 0 fully saturated rings. The summed E-state index contributed by atoms with van der Waals surface area (Å²) in [7, 11) is 0. The minimum absolute atomic E-state index is 0.201. The maximum absolute atomic E-state index is 5.95. The van der Waals surface area contributed by atoms with E-state index in [1.165, 1.54) is 0 Å². The van der Waals surface area contributed by atoms with Gasteiger partial charge in [0, 0.05) is 6.20 Å². The van der Waals surface area contributed by atoms with Gasteiger partial charge in [-0.2, -0.15) is 5.10 Å². The minimum atomic E-state index is 0.201. The fourth-order valence-electron chi connectivity index (χ4n) is 1.11. The number of nitrogens with zero attached hydrogens (tertiary/aromatic N) is 2. The Morgan fingerprint density at radius 2 is 2.00 bits per heavy atom. The summed E-state index contributed by atoms with van der Waals surface area (Å²) in [5.41, 5.74) is 1.27. The van der Waals surface area contributed by atoms with Gasteiger partial charge in [0.1, 0.15) is 0 Å². The molecule has 13 heavy (non-hydrogen) atoms. The molecule has 1 aromatic rings. The monoisotopic (exact) mass is 198 g/mol. The smallest absolute Gasteiger partial charge is 0.155 e. The molecule has 1 aromatic heterocycles. The number of aromatic nitrogens is 2. The van der Waals surface area contributed by atoms with E-state index >= 15 is 0 Å². The molecule has 1 unspecified atom stereocenters. The summed E-state index contributed by atoms with van der Waals surface area (Å²) in [5.74, 6) is 0.385. The highest BCUT2D eigenvalue weighted by molar-refractivity contribution is 6.30. The molecule has 1 rings (SSSR count). The molecule has 1 heterocycles. The molecule has 1 atom stereocenters. The lowest BCUT2D eigenvalue weighted by Crippen LogP contribution is -2.16. The molecule has 0 saturated heterocycles. The average molecular weight is 199 g/mol. The van der Waals surface area contributed by atoms with Gasteiger partial charge in [0.25, 0.3) is 0 Å². The third-order valence-corrected chi connectivity index (χ3v) is 2.76. The third-order valence-electron chi connectivity index (χ3n) is 2.47. The molecular formula is C10H15ClN2. The van der Waals surface area contributed by atoms with Crippen LogP contribution in [0, 0.1) is 5.41 Å². The second-order valence-electron chi connectivity index (χ2n) is 4.37. The summed E-state index contributed by atoms with van der Waals surface area (Å²) in [4.78, 5) is 0. The maximum atomic E-state index is 5.95. The van der Waals surface area contributed by atoms with Gasteiger partial charge in [-0.05, 0) is 23.0 Å². The molecule has 72 valence electrons. The lowest BCUT2D eigenvalue weighted by atomic mass is 9.78. The van der Waals surface area contributed by atoms with Crippen LogP contribution in [0.1, 0.15) is 39.2 Å². The average Bonchev–Trinajstić information content (AvgIpc) is 2.02. The Bertz CT molecular complexity index is 291. The zero-order valence-electron chi connectivity index (χ0n) is 8.50. The Labute approximate surface area is 84.3 Å². The van der Waals surface area contributed by atoms with Crippen LogP contribution in [0.25, 0.3) is 0 Å². The van der Waals surface area contributed by atoms with E-state index in [1.54, 1.807) is 6.20 Å². The fraction of sp³-hybridized carbons (Fsp3) is 0.600. The van der Waals surface area contributed by atoms with Gasteiger partial charge in [-0.15, -0.1) is 5.10 Å². The van der Waals surface area contributed by atoms with Crippen molar-refractivity contribution >= 4 is 11.6 Å². The van der Waals surface area contributed by atoms with Crippen LogP contribution in [-0.2, 0) is 0 Å². The second-order valence-corrected chi connectivity index (χ2v) is 4.72. The van der Waals surface area contributed by atoms with Crippen molar-refractivity contribution in [2.75, 3.05) is 0 Å². The molecule has 3 heteroatoms. The van der Waals surface area contributed by atoms with Crippen molar-refractivity contribution in [2.45, 2.75) is 33.6 Å². The number of halogens is 1. The first-order valence-corrected chi connectivity index (χ1v) is 4.78. The van der Waals surface area contributed by atoms with Crippen LogP contribution >= 0.6 is 11.6 Å². The van der Waals surface area contributed by atoms with Gasteiger partial charge in [-0.3, -0.25) is 0 Å². The molecule has 0 amide bonds. The Kier molecular flexibility index (Phi) is 2.91. The summed E-state index contributed by atoms with van der Waals surface area (Å²) >= 11 is 5.95. The van der Waals surface area contributed by atoms with E-state index < -0.39 is 0 Å². The summed E-state index contributed by atoms with van der Waals surface area (Å²) < 4.78 is 0. The number of hydrogen-bond donors (Lipinski definition) is 0. The van der Waals surface area contributed by atoms with E-state index in [4.69, 9.17) is 11.6 Å². The van der Waals surface area contributed by atoms with E-state index in [-0.39, 0.29) is 5.41 Å². The van der Waals surface area contributed by atoms with Gasteiger partial charge >= 0.3 is 0 Å². The van der Waals surface area contributed by atoms with Crippen LogP contribution in [-0.4, -0.2) is 10.2 Å². The first kappa shape index (κ1) is 10.5. The van der Waals surface area contributed by atoms with E-state index in [2.05, 4.69) is 37.9 Å². The van der Waals surface area contributed by atoms with Gasteiger partial charge in [0.15, 0.2) is 5.15 Å². The highest BCUT2D eigenvalue weighted by atomic mass is 35.5. The Morgan fingerprint density at radius 1 is 1.38 bits per heavy atom. The first-order chi connectivity index (χ1) is 5.93. The lowest BCUT2D eigenvalue weighted by Gasteiger charge is -2.27. The van der Waals surface area contributed by atoms with Crippen molar-refractivity contribution in [3.8, 4) is 0 Å². The van der Waals surface area contributed by atoms with Crippen LogP contribution in [0.4, 0.5) is 0 Å². The Morgan fingerprint density at radius 3 is 2.46 bits per heavy atom. The summed E-state index contributed by atoms with van der Waals surface area (Å²) in [5, 5.41) is 8.08. The molecule has 0 aromatic carbocycles. The number of rotatable bonds is 1. The lowest BCUT2D eigenvalue weighted by molar-refractivity contribution is 0.339. The minimum Gasteiger partial charge on any atom is -0.158 e. The van der Waals surface area contributed by atoms with Crippen LogP contribution < -0.4 is 0 Å². The molecule has 0 saturated carbocycles. The SMILES string of the molecule is CC(c1ccnnc1Cl)C(C)(C)C. The molecule has 2 nitrogen and oxygen atoms in total. The topological polar surface area (TPSA) is 25.8 Å². The van der Waals surface area contributed by atoms with Gasteiger partial charge in [-0.1, -0.05) is 39.3 Å². The van der Waals surface area contributed by atoms with Crippen molar-refractivity contribution < 1.29 is 0 Å².